The fourth-order valence-corrected chi connectivity index (χ4v) is 2.43. The van der Waals surface area contributed by atoms with Gasteiger partial charge in [0.2, 0.25) is 0 Å². The van der Waals surface area contributed by atoms with Crippen molar-refractivity contribution in [2.75, 3.05) is 0 Å². The standard InChI is InChI=1S/C15H12BrF4N/c16-13-5-11(6-14(17)7-13)9-21-8-10-2-1-3-12(4-10)15(18,19)20/h1-7,21H,8-9H2. The lowest BCUT2D eigenvalue weighted by molar-refractivity contribution is -0.137. The van der Waals surface area contributed by atoms with E-state index < -0.39 is 11.7 Å². The van der Waals surface area contributed by atoms with Gasteiger partial charge in [-0.3, -0.25) is 0 Å². The topological polar surface area (TPSA) is 12.0 Å². The van der Waals surface area contributed by atoms with Gasteiger partial charge in [0, 0.05) is 17.6 Å². The first kappa shape index (κ1) is 16.0. The zero-order valence-electron chi connectivity index (χ0n) is 10.8. The largest absolute Gasteiger partial charge is 0.416 e. The predicted molar refractivity (Wildman–Crippen MR) is 76.1 cm³/mol. The van der Waals surface area contributed by atoms with E-state index in [2.05, 4.69) is 21.2 Å². The van der Waals surface area contributed by atoms with Gasteiger partial charge >= 0.3 is 6.18 Å². The summed E-state index contributed by atoms with van der Waals surface area (Å²) < 4.78 is 51.5. The normalized spacial score (nSPS) is 11.7. The Kier molecular flexibility index (Phi) is 5.00. The summed E-state index contributed by atoms with van der Waals surface area (Å²) in [5.41, 5.74) is 0.574. The van der Waals surface area contributed by atoms with Crippen molar-refractivity contribution in [3.63, 3.8) is 0 Å². The van der Waals surface area contributed by atoms with Crippen molar-refractivity contribution < 1.29 is 17.6 Å². The molecule has 2 aromatic carbocycles. The number of halogens is 5. The van der Waals surface area contributed by atoms with Crippen LogP contribution in [0.15, 0.2) is 46.9 Å². The number of benzene rings is 2. The van der Waals surface area contributed by atoms with Crippen molar-refractivity contribution in [2.45, 2.75) is 19.3 Å². The quantitative estimate of drug-likeness (QED) is 0.764. The summed E-state index contributed by atoms with van der Waals surface area (Å²) in [5.74, 6) is -0.361. The molecule has 0 unspecified atom stereocenters. The molecule has 1 nitrogen and oxygen atoms in total. The summed E-state index contributed by atoms with van der Waals surface area (Å²) >= 11 is 3.19. The van der Waals surface area contributed by atoms with E-state index in [1.807, 2.05) is 0 Å². The van der Waals surface area contributed by atoms with Crippen LogP contribution in [0.1, 0.15) is 16.7 Å². The van der Waals surface area contributed by atoms with Crippen molar-refractivity contribution in [1.82, 2.24) is 5.32 Å². The average Bonchev–Trinajstić information content (AvgIpc) is 2.37. The Labute approximate surface area is 128 Å². The number of alkyl halides is 3. The lowest BCUT2D eigenvalue weighted by Gasteiger charge is -2.10. The van der Waals surface area contributed by atoms with Gasteiger partial charge in [-0.2, -0.15) is 13.2 Å². The van der Waals surface area contributed by atoms with E-state index in [0.717, 1.165) is 12.1 Å². The van der Waals surface area contributed by atoms with Gasteiger partial charge in [-0.05, 0) is 35.4 Å². The maximum Gasteiger partial charge on any atom is 0.416 e. The first-order chi connectivity index (χ1) is 9.84. The predicted octanol–water partition coefficient (Wildman–Crippen LogP) is 4.90. The third-order valence-corrected chi connectivity index (χ3v) is 3.29. The molecule has 0 amide bonds. The minimum atomic E-state index is -4.34. The highest BCUT2D eigenvalue weighted by Crippen LogP contribution is 2.29. The van der Waals surface area contributed by atoms with Crippen LogP contribution in [0, 0.1) is 5.82 Å². The van der Waals surface area contributed by atoms with Crippen LogP contribution in [0.5, 0.6) is 0 Å². The molecule has 0 heterocycles. The van der Waals surface area contributed by atoms with Gasteiger partial charge in [0.15, 0.2) is 0 Å². The molecule has 0 radical (unpaired) electrons. The molecule has 0 saturated heterocycles. The van der Waals surface area contributed by atoms with Crippen molar-refractivity contribution in [3.05, 3.63) is 69.4 Å². The van der Waals surface area contributed by atoms with Gasteiger partial charge in [-0.25, -0.2) is 4.39 Å². The Morgan fingerprint density at radius 3 is 2.33 bits per heavy atom. The molecule has 6 heteroatoms. The zero-order valence-corrected chi connectivity index (χ0v) is 12.4. The Hall–Kier alpha value is -1.40. The second-order valence-electron chi connectivity index (χ2n) is 4.58. The smallest absolute Gasteiger partial charge is 0.309 e. The van der Waals surface area contributed by atoms with Crippen LogP contribution in [-0.2, 0) is 19.3 Å². The lowest BCUT2D eigenvalue weighted by Crippen LogP contribution is -2.14. The van der Waals surface area contributed by atoms with Gasteiger partial charge in [-0.1, -0.05) is 34.1 Å². The third-order valence-electron chi connectivity index (χ3n) is 2.83. The highest BCUT2D eigenvalue weighted by Gasteiger charge is 2.30. The molecule has 0 spiro atoms. The maximum absolute atomic E-state index is 13.2. The van der Waals surface area contributed by atoms with Crippen molar-refractivity contribution in [1.29, 1.82) is 0 Å². The molecule has 0 saturated carbocycles. The molecule has 0 aromatic heterocycles. The van der Waals surface area contributed by atoms with Crippen LogP contribution in [0.25, 0.3) is 0 Å². The molecule has 21 heavy (non-hydrogen) atoms. The third kappa shape index (κ3) is 4.82. The van der Waals surface area contributed by atoms with Crippen LogP contribution in [0.2, 0.25) is 0 Å². The molecule has 0 aliphatic heterocycles. The van der Waals surface area contributed by atoms with Gasteiger partial charge < -0.3 is 5.32 Å². The Balaban J connectivity index is 1.97. The lowest BCUT2D eigenvalue weighted by atomic mass is 10.1. The van der Waals surface area contributed by atoms with Crippen LogP contribution in [0.3, 0.4) is 0 Å². The van der Waals surface area contributed by atoms with Crippen LogP contribution in [0.4, 0.5) is 17.6 Å². The van der Waals surface area contributed by atoms with E-state index in [4.69, 9.17) is 0 Å². The minimum Gasteiger partial charge on any atom is -0.309 e. The molecular formula is C15H12BrF4N. The van der Waals surface area contributed by atoms with Crippen molar-refractivity contribution in [2.24, 2.45) is 0 Å². The van der Waals surface area contributed by atoms with Gasteiger partial charge in [0.1, 0.15) is 5.82 Å². The molecule has 2 rings (SSSR count). The Morgan fingerprint density at radius 1 is 0.952 bits per heavy atom. The number of hydrogen-bond donors (Lipinski definition) is 1. The van der Waals surface area contributed by atoms with Crippen molar-refractivity contribution >= 4 is 15.9 Å². The van der Waals surface area contributed by atoms with E-state index in [1.54, 1.807) is 12.1 Å². The molecule has 112 valence electrons. The molecule has 2 aromatic rings. The van der Waals surface area contributed by atoms with E-state index in [9.17, 15) is 17.6 Å². The van der Waals surface area contributed by atoms with Gasteiger partial charge in [0.05, 0.1) is 5.56 Å². The maximum atomic E-state index is 13.2. The summed E-state index contributed by atoms with van der Waals surface area (Å²) in [5, 5.41) is 3.00. The fraction of sp³-hybridized carbons (Fsp3) is 0.200. The highest BCUT2D eigenvalue weighted by molar-refractivity contribution is 9.10. The van der Waals surface area contributed by atoms with Crippen molar-refractivity contribution in [3.8, 4) is 0 Å². The molecule has 0 aliphatic carbocycles. The number of nitrogens with one attached hydrogen (secondary N) is 1. The van der Waals surface area contributed by atoms with E-state index in [1.165, 1.54) is 18.2 Å². The molecule has 0 fully saturated rings. The summed E-state index contributed by atoms with van der Waals surface area (Å²) in [6, 6.07) is 9.60. The molecule has 0 aliphatic rings. The van der Waals surface area contributed by atoms with Gasteiger partial charge in [0.25, 0.3) is 0 Å². The monoisotopic (exact) mass is 361 g/mol. The molecule has 0 atom stereocenters. The number of hydrogen-bond acceptors (Lipinski definition) is 1. The fourth-order valence-electron chi connectivity index (χ4n) is 1.92. The van der Waals surface area contributed by atoms with Crippen LogP contribution in [-0.4, -0.2) is 0 Å². The van der Waals surface area contributed by atoms with E-state index in [0.29, 0.717) is 22.1 Å². The summed E-state index contributed by atoms with van der Waals surface area (Å²) in [4.78, 5) is 0. The number of rotatable bonds is 4. The molecule has 0 bridgehead atoms. The van der Waals surface area contributed by atoms with Gasteiger partial charge in [-0.15, -0.1) is 0 Å². The first-order valence-corrected chi connectivity index (χ1v) is 6.96. The summed E-state index contributed by atoms with van der Waals surface area (Å²) in [6.07, 6.45) is -4.34. The molecule has 1 N–H and O–H groups in total. The molecular weight excluding hydrogens is 350 g/mol. The summed E-state index contributed by atoms with van der Waals surface area (Å²) in [7, 11) is 0. The first-order valence-electron chi connectivity index (χ1n) is 6.16. The van der Waals surface area contributed by atoms with E-state index in [-0.39, 0.29) is 12.4 Å². The van der Waals surface area contributed by atoms with E-state index >= 15 is 0 Å². The average molecular weight is 362 g/mol. The SMILES string of the molecule is Fc1cc(Br)cc(CNCc2cccc(C(F)(F)F)c2)c1. The Bertz CT molecular complexity index is 605. The zero-order chi connectivity index (χ0) is 15.5. The minimum absolute atomic E-state index is 0.276. The Morgan fingerprint density at radius 2 is 1.67 bits per heavy atom. The van der Waals surface area contributed by atoms with Crippen LogP contribution >= 0.6 is 15.9 Å². The highest BCUT2D eigenvalue weighted by atomic mass is 79.9. The second kappa shape index (κ2) is 6.58. The second-order valence-corrected chi connectivity index (χ2v) is 5.50. The van der Waals surface area contributed by atoms with Crippen LogP contribution < -0.4 is 5.32 Å². The summed E-state index contributed by atoms with van der Waals surface area (Å²) in [6.45, 7) is 0.644.